The standard InChI is InChI=1S/C11H10N4O/c1-15-10(7-12)11(13-14-15)8-3-5-9(16-2)6-4-8/h3-6H,1-2H3. The third-order valence-corrected chi connectivity index (χ3v) is 2.30. The number of aryl methyl sites for hydroxylation is 1. The Kier molecular flexibility index (Phi) is 2.56. The summed E-state index contributed by atoms with van der Waals surface area (Å²) in [6.07, 6.45) is 0. The number of ether oxygens (including phenoxy) is 1. The fourth-order valence-corrected chi connectivity index (χ4v) is 1.43. The molecule has 5 nitrogen and oxygen atoms in total. The van der Waals surface area contributed by atoms with Crippen LogP contribution in [0.2, 0.25) is 0 Å². The number of aromatic nitrogens is 3. The van der Waals surface area contributed by atoms with Gasteiger partial charge in [0.15, 0.2) is 5.69 Å². The third kappa shape index (κ3) is 1.61. The quantitative estimate of drug-likeness (QED) is 0.757. The zero-order valence-corrected chi connectivity index (χ0v) is 9.01. The Bertz CT molecular complexity index is 536. The van der Waals surface area contributed by atoms with E-state index in [9.17, 15) is 0 Å². The summed E-state index contributed by atoms with van der Waals surface area (Å²) in [6, 6.07) is 9.43. The van der Waals surface area contributed by atoms with Crippen molar-refractivity contribution in [3.63, 3.8) is 0 Å². The number of hydrogen-bond acceptors (Lipinski definition) is 4. The zero-order chi connectivity index (χ0) is 11.5. The number of methoxy groups -OCH3 is 1. The minimum absolute atomic E-state index is 0.449. The van der Waals surface area contributed by atoms with Gasteiger partial charge >= 0.3 is 0 Å². The van der Waals surface area contributed by atoms with Crippen LogP contribution in [0.3, 0.4) is 0 Å². The van der Waals surface area contributed by atoms with Gasteiger partial charge in [-0.3, -0.25) is 0 Å². The Balaban J connectivity index is 2.47. The van der Waals surface area contributed by atoms with Crippen LogP contribution in [0.4, 0.5) is 0 Å². The first kappa shape index (κ1) is 10.2. The number of nitriles is 1. The molecule has 2 aromatic rings. The molecule has 0 aliphatic carbocycles. The lowest BCUT2D eigenvalue weighted by Gasteiger charge is -2.00. The first-order chi connectivity index (χ1) is 7.76. The molecule has 5 heteroatoms. The first-order valence-corrected chi connectivity index (χ1v) is 4.70. The predicted octanol–water partition coefficient (Wildman–Crippen LogP) is 1.36. The van der Waals surface area contributed by atoms with Crippen molar-refractivity contribution in [3.8, 4) is 23.1 Å². The second-order valence-corrected chi connectivity index (χ2v) is 3.25. The number of hydrogen-bond donors (Lipinski definition) is 0. The van der Waals surface area contributed by atoms with Crippen LogP contribution < -0.4 is 4.74 Å². The summed E-state index contributed by atoms with van der Waals surface area (Å²) in [6.45, 7) is 0. The van der Waals surface area contributed by atoms with Gasteiger partial charge < -0.3 is 4.74 Å². The molecule has 0 aliphatic heterocycles. The van der Waals surface area contributed by atoms with E-state index in [-0.39, 0.29) is 0 Å². The van der Waals surface area contributed by atoms with Gasteiger partial charge in [0.1, 0.15) is 17.5 Å². The van der Waals surface area contributed by atoms with Crippen molar-refractivity contribution in [1.82, 2.24) is 15.0 Å². The number of nitrogens with zero attached hydrogens (tertiary/aromatic N) is 4. The van der Waals surface area contributed by atoms with Gasteiger partial charge in [0.25, 0.3) is 0 Å². The van der Waals surface area contributed by atoms with Crippen molar-refractivity contribution >= 4 is 0 Å². The largest absolute Gasteiger partial charge is 0.497 e. The number of benzene rings is 1. The molecule has 0 amide bonds. The molecule has 0 spiro atoms. The van der Waals surface area contributed by atoms with E-state index in [1.54, 1.807) is 14.2 Å². The normalized spacial score (nSPS) is 9.81. The lowest BCUT2D eigenvalue weighted by Crippen LogP contribution is -1.94. The van der Waals surface area contributed by atoms with E-state index in [2.05, 4.69) is 16.4 Å². The highest BCUT2D eigenvalue weighted by Gasteiger charge is 2.11. The fourth-order valence-electron chi connectivity index (χ4n) is 1.43. The molecular formula is C11H10N4O. The summed E-state index contributed by atoms with van der Waals surface area (Å²) in [5, 5.41) is 16.8. The van der Waals surface area contributed by atoms with Crippen molar-refractivity contribution in [2.75, 3.05) is 7.11 Å². The second kappa shape index (κ2) is 4.03. The minimum Gasteiger partial charge on any atom is -0.497 e. The Morgan fingerprint density at radius 3 is 2.56 bits per heavy atom. The van der Waals surface area contributed by atoms with Crippen LogP contribution >= 0.6 is 0 Å². The summed E-state index contributed by atoms with van der Waals surface area (Å²) in [7, 11) is 3.30. The Labute approximate surface area is 92.9 Å². The van der Waals surface area contributed by atoms with Crippen molar-refractivity contribution in [2.45, 2.75) is 0 Å². The molecular weight excluding hydrogens is 204 g/mol. The maximum Gasteiger partial charge on any atom is 0.166 e. The summed E-state index contributed by atoms with van der Waals surface area (Å²) in [5.74, 6) is 0.770. The third-order valence-electron chi connectivity index (χ3n) is 2.30. The molecule has 0 atom stereocenters. The van der Waals surface area contributed by atoms with Gasteiger partial charge in [-0.2, -0.15) is 5.26 Å². The van der Waals surface area contributed by atoms with Crippen LogP contribution in [0.1, 0.15) is 5.69 Å². The maximum absolute atomic E-state index is 8.97. The van der Waals surface area contributed by atoms with E-state index < -0.39 is 0 Å². The van der Waals surface area contributed by atoms with E-state index in [1.165, 1.54) is 4.68 Å². The lowest BCUT2D eigenvalue weighted by molar-refractivity contribution is 0.415. The zero-order valence-electron chi connectivity index (χ0n) is 9.01. The average Bonchev–Trinajstić information content (AvgIpc) is 2.70. The molecule has 0 saturated carbocycles. The lowest BCUT2D eigenvalue weighted by atomic mass is 10.1. The van der Waals surface area contributed by atoms with Crippen LogP contribution in [-0.4, -0.2) is 22.1 Å². The van der Waals surface area contributed by atoms with E-state index in [0.29, 0.717) is 11.4 Å². The summed E-state index contributed by atoms with van der Waals surface area (Å²) >= 11 is 0. The van der Waals surface area contributed by atoms with Gasteiger partial charge in [-0.25, -0.2) is 4.68 Å². The highest BCUT2D eigenvalue weighted by atomic mass is 16.5. The average molecular weight is 214 g/mol. The molecule has 1 aromatic carbocycles. The van der Waals surface area contributed by atoms with Crippen molar-refractivity contribution < 1.29 is 4.74 Å². The van der Waals surface area contributed by atoms with Gasteiger partial charge in [-0.1, -0.05) is 5.21 Å². The van der Waals surface area contributed by atoms with Crippen LogP contribution in [0.15, 0.2) is 24.3 Å². The molecule has 1 heterocycles. The monoisotopic (exact) mass is 214 g/mol. The van der Waals surface area contributed by atoms with Crippen molar-refractivity contribution in [1.29, 1.82) is 5.26 Å². The molecule has 1 aromatic heterocycles. The van der Waals surface area contributed by atoms with E-state index in [0.717, 1.165) is 11.3 Å². The van der Waals surface area contributed by atoms with Crippen molar-refractivity contribution in [3.05, 3.63) is 30.0 Å². The topological polar surface area (TPSA) is 63.7 Å². The van der Waals surface area contributed by atoms with E-state index in [4.69, 9.17) is 10.00 Å². The molecule has 80 valence electrons. The smallest absolute Gasteiger partial charge is 0.166 e. The molecule has 0 unspecified atom stereocenters. The van der Waals surface area contributed by atoms with Crippen LogP contribution in [0.25, 0.3) is 11.3 Å². The number of rotatable bonds is 2. The molecule has 0 radical (unpaired) electrons. The Morgan fingerprint density at radius 2 is 2.00 bits per heavy atom. The predicted molar refractivity (Wildman–Crippen MR) is 57.7 cm³/mol. The van der Waals surface area contributed by atoms with Gasteiger partial charge in [0, 0.05) is 12.6 Å². The first-order valence-electron chi connectivity index (χ1n) is 4.70. The van der Waals surface area contributed by atoms with E-state index in [1.807, 2.05) is 24.3 Å². The van der Waals surface area contributed by atoms with E-state index >= 15 is 0 Å². The molecule has 0 aliphatic rings. The molecule has 0 saturated heterocycles. The molecule has 0 N–H and O–H groups in total. The molecule has 16 heavy (non-hydrogen) atoms. The second-order valence-electron chi connectivity index (χ2n) is 3.25. The van der Waals surface area contributed by atoms with Crippen LogP contribution in [-0.2, 0) is 7.05 Å². The molecule has 0 fully saturated rings. The van der Waals surface area contributed by atoms with Crippen LogP contribution in [0, 0.1) is 11.3 Å². The van der Waals surface area contributed by atoms with Gasteiger partial charge in [-0.15, -0.1) is 5.10 Å². The highest BCUT2D eigenvalue weighted by molar-refractivity contribution is 5.64. The van der Waals surface area contributed by atoms with Gasteiger partial charge in [0.05, 0.1) is 7.11 Å². The molecule has 0 bridgehead atoms. The van der Waals surface area contributed by atoms with Crippen molar-refractivity contribution in [2.24, 2.45) is 7.05 Å². The SMILES string of the molecule is COc1ccc(-c2nnn(C)c2C#N)cc1. The van der Waals surface area contributed by atoms with Crippen LogP contribution in [0.5, 0.6) is 5.75 Å². The molecule has 2 rings (SSSR count). The Morgan fingerprint density at radius 1 is 1.31 bits per heavy atom. The van der Waals surface area contributed by atoms with Gasteiger partial charge in [0.2, 0.25) is 0 Å². The fraction of sp³-hybridized carbons (Fsp3) is 0.182. The highest BCUT2D eigenvalue weighted by Crippen LogP contribution is 2.22. The summed E-state index contributed by atoms with van der Waals surface area (Å²) in [4.78, 5) is 0. The van der Waals surface area contributed by atoms with Gasteiger partial charge in [-0.05, 0) is 24.3 Å². The summed E-state index contributed by atoms with van der Waals surface area (Å²) in [5.41, 5.74) is 1.89. The Hall–Kier alpha value is -2.35. The maximum atomic E-state index is 8.97. The minimum atomic E-state index is 0.449. The summed E-state index contributed by atoms with van der Waals surface area (Å²) < 4.78 is 6.52.